The molecular weight excluding hydrogens is 426 g/mol. The van der Waals surface area contributed by atoms with E-state index >= 15 is 0 Å². The normalized spacial score (nSPS) is 17.5. The maximum Gasteiger partial charge on any atom is 0.264 e. The van der Waals surface area contributed by atoms with Crippen molar-refractivity contribution < 1.29 is 9.53 Å². The molecule has 1 aliphatic heterocycles. The maximum absolute atomic E-state index is 13.2. The van der Waals surface area contributed by atoms with Crippen LogP contribution in [-0.2, 0) is 4.74 Å². The van der Waals surface area contributed by atoms with Crippen LogP contribution < -0.4 is 0 Å². The van der Waals surface area contributed by atoms with E-state index in [0.717, 1.165) is 42.2 Å². The van der Waals surface area contributed by atoms with Crippen molar-refractivity contribution in [3.8, 4) is 0 Å². The van der Waals surface area contributed by atoms with E-state index in [1.165, 1.54) is 11.3 Å². The second-order valence-electron chi connectivity index (χ2n) is 6.75. The second-order valence-corrected chi connectivity index (χ2v) is 8.67. The Hall–Kier alpha value is -1.83. The zero-order chi connectivity index (χ0) is 19.1. The summed E-state index contributed by atoms with van der Waals surface area (Å²) in [4.78, 5) is 25.8. The molecule has 0 aliphatic carbocycles. The number of nitrogens with zero attached hydrogens (tertiary/aromatic N) is 3. The highest BCUT2D eigenvalue weighted by Crippen LogP contribution is 2.33. The Labute approximate surface area is 170 Å². The maximum atomic E-state index is 13.2. The first-order chi connectivity index (χ1) is 12.9. The molecule has 0 N–H and O–H groups in total. The van der Waals surface area contributed by atoms with Gasteiger partial charge in [-0.15, -0.1) is 11.3 Å². The largest absolute Gasteiger partial charge is 0.370 e. The molecule has 1 aliphatic rings. The van der Waals surface area contributed by atoms with Crippen molar-refractivity contribution in [1.82, 2.24) is 14.9 Å². The number of amides is 1. The number of hydrogen-bond acceptors (Lipinski definition) is 5. The van der Waals surface area contributed by atoms with E-state index in [1.807, 2.05) is 49.9 Å². The molecule has 2 aromatic heterocycles. The molecule has 7 heteroatoms. The van der Waals surface area contributed by atoms with Gasteiger partial charge in [0.15, 0.2) is 0 Å². The first kappa shape index (κ1) is 18.5. The van der Waals surface area contributed by atoms with Gasteiger partial charge in [0.1, 0.15) is 16.8 Å². The average molecular weight is 446 g/mol. The van der Waals surface area contributed by atoms with Gasteiger partial charge in [-0.3, -0.25) is 4.79 Å². The van der Waals surface area contributed by atoms with E-state index in [2.05, 4.69) is 25.9 Å². The zero-order valence-corrected chi connectivity index (χ0v) is 17.9. The number of morpholine rings is 1. The Balaban J connectivity index is 1.62. The molecule has 0 bridgehead atoms. The fraction of sp³-hybridized carbons (Fsp3) is 0.350. The van der Waals surface area contributed by atoms with Gasteiger partial charge < -0.3 is 9.64 Å². The van der Waals surface area contributed by atoms with Crippen molar-refractivity contribution in [2.45, 2.75) is 26.9 Å². The van der Waals surface area contributed by atoms with Crippen LogP contribution in [0, 0.1) is 20.8 Å². The lowest BCUT2D eigenvalue weighted by molar-refractivity contribution is -0.0226. The Morgan fingerprint density at radius 2 is 1.96 bits per heavy atom. The Kier molecular flexibility index (Phi) is 5.01. The van der Waals surface area contributed by atoms with Crippen LogP contribution in [0.2, 0.25) is 0 Å². The molecule has 0 saturated carbocycles. The molecule has 1 saturated heterocycles. The minimum absolute atomic E-state index is 0.0537. The Morgan fingerprint density at radius 3 is 2.70 bits per heavy atom. The third-order valence-corrected chi connectivity index (χ3v) is 6.57. The standard InChI is InChI=1S/C20H20BrN3O2S/c1-11-17-12(2)22-13(3)23-19(17)27-18(11)20(25)24-8-9-26-16(10-24)14-4-6-15(21)7-5-14/h4-7,16H,8-10H2,1-3H3. The quantitative estimate of drug-likeness (QED) is 0.578. The van der Waals surface area contributed by atoms with E-state index in [9.17, 15) is 4.79 Å². The predicted molar refractivity (Wildman–Crippen MR) is 110 cm³/mol. The molecule has 0 radical (unpaired) electrons. The molecule has 1 fully saturated rings. The number of hydrogen-bond donors (Lipinski definition) is 0. The number of rotatable bonds is 2. The van der Waals surface area contributed by atoms with Crippen molar-refractivity contribution in [3.63, 3.8) is 0 Å². The minimum Gasteiger partial charge on any atom is -0.370 e. The number of halogens is 1. The summed E-state index contributed by atoms with van der Waals surface area (Å²) in [6.07, 6.45) is -0.103. The number of benzene rings is 1. The molecule has 1 amide bonds. The van der Waals surface area contributed by atoms with Crippen LogP contribution in [0.5, 0.6) is 0 Å². The van der Waals surface area contributed by atoms with Gasteiger partial charge in [-0.05, 0) is 44.0 Å². The number of fused-ring (bicyclic) bond motifs is 1. The molecule has 4 rings (SSSR count). The van der Waals surface area contributed by atoms with E-state index in [-0.39, 0.29) is 12.0 Å². The van der Waals surface area contributed by atoms with Gasteiger partial charge in [-0.2, -0.15) is 0 Å². The van der Waals surface area contributed by atoms with Crippen molar-refractivity contribution in [1.29, 1.82) is 0 Å². The highest BCUT2D eigenvalue weighted by atomic mass is 79.9. The van der Waals surface area contributed by atoms with Gasteiger partial charge in [0.2, 0.25) is 0 Å². The lowest BCUT2D eigenvalue weighted by Crippen LogP contribution is -2.42. The van der Waals surface area contributed by atoms with Crippen molar-refractivity contribution in [2.24, 2.45) is 0 Å². The summed E-state index contributed by atoms with van der Waals surface area (Å²) in [6.45, 7) is 7.54. The molecule has 1 unspecified atom stereocenters. The van der Waals surface area contributed by atoms with Gasteiger partial charge in [-0.25, -0.2) is 9.97 Å². The van der Waals surface area contributed by atoms with E-state index in [0.29, 0.717) is 19.7 Å². The summed E-state index contributed by atoms with van der Waals surface area (Å²) >= 11 is 4.92. The van der Waals surface area contributed by atoms with Crippen LogP contribution >= 0.6 is 27.3 Å². The predicted octanol–water partition coefficient (Wildman–Crippen LogP) is 4.59. The van der Waals surface area contributed by atoms with E-state index in [4.69, 9.17) is 4.74 Å². The van der Waals surface area contributed by atoms with Gasteiger partial charge in [0.25, 0.3) is 5.91 Å². The molecule has 3 heterocycles. The molecule has 1 atom stereocenters. The molecule has 1 aromatic carbocycles. The van der Waals surface area contributed by atoms with Gasteiger partial charge in [0.05, 0.1) is 18.0 Å². The van der Waals surface area contributed by atoms with Gasteiger partial charge >= 0.3 is 0 Å². The van der Waals surface area contributed by atoms with Crippen molar-refractivity contribution in [2.75, 3.05) is 19.7 Å². The van der Waals surface area contributed by atoms with Crippen LogP contribution in [0.15, 0.2) is 28.7 Å². The fourth-order valence-electron chi connectivity index (χ4n) is 3.53. The summed E-state index contributed by atoms with van der Waals surface area (Å²) < 4.78 is 6.95. The molecule has 27 heavy (non-hydrogen) atoms. The third kappa shape index (κ3) is 3.51. The van der Waals surface area contributed by atoms with Crippen molar-refractivity contribution in [3.05, 3.63) is 56.3 Å². The summed E-state index contributed by atoms with van der Waals surface area (Å²) in [5.74, 6) is 0.792. The smallest absolute Gasteiger partial charge is 0.264 e. The molecule has 140 valence electrons. The summed E-state index contributed by atoms with van der Waals surface area (Å²) in [5.41, 5.74) is 2.99. The molecule has 3 aromatic rings. The number of aryl methyl sites for hydroxylation is 3. The number of ether oxygens (including phenoxy) is 1. The molecule has 5 nitrogen and oxygen atoms in total. The average Bonchev–Trinajstić information content (AvgIpc) is 2.98. The number of carbonyl (C=O) groups is 1. The monoisotopic (exact) mass is 445 g/mol. The van der Waals surface area contributed by atoms with Crippen LogP contribution in [0.4, 0.5) is 0 Å². The lowest BCUT2D eigenvalue weighted by Gasteiger charge is -2.33. The van der Waals surface area contributed by atoms with Gasteiger partial charge in [0, 0.05) is 22.1 Å². The summed E-state index contributed by atoms with van der Waals surface area (Å²) in [7, 11) is 0. The Morgan fingerprint density at radius 1 is 1.22 bits per heavy atom. The zero-order valence-electron chi connectivity index (χ0n) is 15.5. The van der Waals surface area contributed by atoms with Crippen LogP contribution in [-0.4, -0.2) is 40.5 Å². The third-order valence-electron chi connectivity index (χ3n) is 4.87. The fourth-order valence-corrected chi connectivity index (χ4v) is 5.04. The summed E-state index contributed by atoms with van der Waals surface area (Å²) in [5, 5.41) is 1.01. The highest BCUT2D eigenvalue weighted by Gasteiger charge is 2.29. The topological polar surface area (TPSA) is 55.3 Å². The van der Waals surface area contributed by atoms with Crippen LogP contribution in [0.1, 0.15) is 38.4 Å². The SMILES string of the molecule is Cc1nc(C)c2c(C)c(C(=O)N3CCOC(c4ccc(Br)cc4)C3)sc2n1. The minimum atomic E-state index is -0.103. The number of thiophene rings is 1. The van der Waals surface area contributed by atoms with Crippen molar-refractivity contribution >= 4 is 43.4 Å². The van der Waals surface area contributed by atoms with Gasteiger partial charge in [-0.1, -0.05) is 28.1 Å². The summed E-state index contributed by atoms with van der Waals surface area (Å²) in [6, 6.07) is 8.07. The molecule has 0 spiro atoms. The second kappa shape index (κ2) is 7.30. The highest BCUT2D eigenvalue weighted by molar-refractivity contribution is 9.10. The first-order valence-corrected chi connectivity index (χ1v) is 10.5. The first-order valence-electron chi connectivity index (χ1n) is 8.84. The number of aromatic nitrogens is 2. The number of carbonyl (C=O) groups excluding carboxylic acids is 1. The Bertz CT molecular complexity index is 1020. The van der Waals surface area contributed by atoms with Crippen LogP contribution in [0.3, 0.4) is 0 Å². The van der Waals surface area contributed by atoms with E-state index in [1.54, 1.807) is 0 Å². The molecular formula is C20H20BrN3O2S. The van der Waals surface area contributed by atoms with E-state index < -0.39 is 0 Å². The lowest BCUT2D eigenvalue weighted by atomic mass is 10.1. The van der Waals surface area contributed by atoms with Crippen LogP contribution in [0.25, 0.3) is 10.2 Å².